The zero-order valence-corrected chi connectivity index (χ0v) is 17.6. The molecule has 0 aromatic heterocycles. The maximum absolute atomic E-state index is 12.4. The second-order valence-electron chi connectivity index (χ2n) is 7.87. The molecule has 2 N–H and O–H groups in total. The van der Waals surface area contributed by atoms with Crippen LogP contribution in [0.5, 0.6) is 0 Å². The summed E-state index contributed by atoms with van der Waals surface area (Å²) in [6, 6.07) is 3.34. The van der Waals surface area contributed by atoms with Gasteiger partial charge in [0.25, 0.3) is 17.5 Å². The molecule has 2 aliphatic heterocycles. The summed E-state index contributed by atoms with van der Waals surface area (Å²) in [5, 5.41) is 16.0. The van der Waals surface area contributed by atoms with Crippen molar-refractivity contribution in [1.29, 1.82) is 0 Å². The molecular formula is C20H23N5O7. The average Bonchev–Trinajstić information content (AvgIpc) is 3.24. The minimum absolute atomic E-state index is 0.00205. The highest BCUT2D eigenvalue weighted by Gasteiger charge is 2.38. The molecule has 2 heterocycles. The number of hydrogen-bond donors (Lipinski definition) is 2. The van der Waals surface area contributed by atoms with Crippen LogP contribution in [0.25, 0.3) is 0 Å². The first-order chi connectivity index (χ1) is 15.1. The van der Waals surface area contributed by atoms with Gasteiger partial charge in [-0.15, -0.1) is 0 Å². The van der Waals surface area contributed by atoms with Gasteiger partial charge in [0.15, 0.2) is 0 Å². The SMILES string of the molecule is CC(C)N1CC(C(=O)NCCNC(=O)CN2C(=O)c3ccc([N+](=O)[O-])cc3C2=O)CC1=O. The van der Waals surface area contributed by atoms with Crippen molar-refractivity contribution in [2.45, 2.75) is 26.3 Å². The first kappa shape index (κ1) is 22.8. The van der Waals surface area contributed by atoms with Gasteiger partial charge in [-0.2, -0.15) is 0 Å². The summed E-state index contributed by atoms with van der Waals surface area (Å²) in [5.74, 6) is -2.90. The highest BCUT2D eigenvalue weighted by molar-refractivity contribution is 6.22. The Labute approximate surface area is 183 Å². The maximum Gasteiger partial charge on any atom is 0.270 e. The van der Waals surface area contributed by atoms with E-state index in [-0.39, 0.29) is 54.2 Å². The van der Waals surface area contributed by atoms with Crippen LogP contribution in [-0.2, 0) is 14.4 Å². The van der Waals surface area contributed by atoms with Gasteiger partial charge in [0.2, 0.25) is 17.7 Å². The van der Waals surface area contributed by atoms with E-state index in [4.69, 9.17) is 0 Å². The van der Waals surface area contributed by atoms with E-state index in [1.165, 1.54) is 6.07 Å². The Kier molecular flexibility index (Phi) is 6.51. The van der Waals surface area contributed by atoms with Crippen molar-refractivity contribution >= 4 is 35.2 Å². The number of hydrogen-bond acceptors (Lipinski definition) is 7. The summed E-state index contributed by atoms with van der Waals surface area (Å²) >= 11 is 0. The number of benzene rings is 1. The van der Waals surface area contributed by atoms with E-state index < -0.39 is 35.1 Å². The number of nitrogens with zero attached hydrogens (tertiary/aromatic N) is 3. The van der Waals surface area contributed by atoms with Crippen LogP contribution < -0.4 is 10.6 Å². The average molecular weight is 445 g/mol. The van der Waals surface area contributed by atoms with E-state index >= 15 is 0 Å². The third kappa shape index (κ3) is 4.58. The Morgan fingerprint density at radius 3 is 2.41 bits per heavy atom. The van der Waals surface area contributed by atoms with Crippen LogP contribution in [0.2, 0.25) is 0 Å². The minimum atomic E-state index is -0.780. The summed E-state index contributed by atoms with van der Waals surface area (Å²) in [6.07, 6.45) is 0.147. The standard InChI is InChI=1S/C20H23N5O7/c1-11(2)23-9-12(7-17(23)27)18(28)22-6-5-21-16(26)10-24-19(29)14-4-3-13(25(31)32)8-15(14)20(24)30/h3-4,8,11-12H,5-7,9-10H2,1-2H3,(H,21,26)(H,22,28). The van der Waals surface area contributed by atoms with Crippen molar-refractivity contribution in [3.8, 4) is 0 Å². The van der Waals surface area contributed by atoms with Crippen molar-refractivity contribution in [2.75, 3.05) is 26.2 Å². The first-order valence-electron chi connectivity index (χ1n) is 10.1. The second-order valence-corrected chi connectivity index (χ2v) is 7.87. The molecule has 1 aromatic carbocycles. The molecule has 1 atom stereocenters. The molecule has 1 unspecified atom stereocenters. The molecule has 0 saturated carbocycles. The molecular weight excluding hydrogens is 422 g/mol. The number of rotatable bonds is 8. The zero-order chi connectivity index (χ0) is 23.6. The topological polar surface area (TPSA) is 159 Å². The third-order valence-corrected chi connectivity index (χ3v) is 5.37. The number of nitro groups is 1. The molecule has 170 valence electrons. The van der Waals surface area contributed by atoms with Gasteiger partial charge in [-0.05, 0) is 19.9 Å². The van der Waals surface area contributed by atoms with E-state index in [2.05, 4.69) is 10.6 Å². The van der Waals surface area contributed by atoms with E-state index in [1.807, 2.05) is 13.8 Å². The quantitative estimate of drug-likeness (QED) is 0.240. The van der Waals surface area contributed by atoms with E-state index in [1.54, 1.807) is 4.90 Å². The number of imide groups is 1. The van der Waals surface area contributed by atoms with Crippen LogP contribution in [-0.4, -0.2) is 76.5 Å². The van der Waals surface area contributed by atoms with Crippen molar-refractivity contribution in [2.24, 2.45) is 5.92 Å². The summed E-state index contributed by atoms with van der Waals surface area (Å²) in [7, 11) is 0. The highest BCUT2D eigenvalue weighted by atomic mass is 16.6. The number of likely N-dealkylation sites (tertiary alicyclic amines) is 1. The Morgan fingerprint density at radius 2 is 1.78 bits per heavy atom. The molecule has 0 aliphatic carbocycles. The van der Waals surface area contributed by atoms with Crippen LogP contribution in [0.4, 0.5) is 5.69 Å². The van der Waals surface area contributed by atoms with Crippen LogP contribution in [0, 0.1) is 16.0 Å². The minimum Gasteiger partial charge on any atom is -0.354 e. The van der Waals surface area contributed by atoms with Gasteiger partial charge >= 0.3 is 0 Å². The van der Waals surface area contributed by atoms with Crippen LogP contribution in [0.15, 0.2) is 18.2 Å². The molecule has 3 rings (SSSR count). The molecule has 12 nitrogen and oxygen atoms in total. The van der Waals surface area contributed by atoms with E-state index in [0.717, 1.165) is 12.1 Å². The number of nitrogens with one attached hydrogen (secondary N) is 2. The maximum atomic E-state index is 12.4. The summed E-state index contributed by atoms with van der Waals surface area (Å²) in [6.45, 7) is 3.74. The third-order valence-electron chi connectivity index (χ3n) is 5.37. The van der Waals surface area contributed by atoms with Gasteiger partial charge < -0.3 is 15.5 Å². The predicted molar refractivity (Wildman–Crippen MR) is 109 cm³/mol. The molecule has 0 radical (unpaired) electrons. The van der Waals surface area contributed by atoms with E-state index in [9.17, 15) is 34.1 Å². The van der Waals surface area contributed by atoms with Gasteiger partial charge in [0.05, 0.1) is 22.0 Å². The van der Waals surface area contributed by atoms with Gasteiger partial charge in [0.1, 0.15) is 6.54 Å². The molecule has 2 aliphatic rings. The fourth-order valence-corrected chi connectivity index (χ4v) is 3.67. The number of fused-ring (bicyclic) bond motifs is 1. The summed E-state index contributed by atoms with van der Waals surface area (Å²) < 4.78 is 0. The van der Waals surface area contributed by atoms with Gasteiger partial charge in [0, 0.05) is 44.2 Å². The lowest BCUT2D eigenvalue weighted by molar-refractivity contribution is -0.384. The fourth-order valence-electron chi connectivity index (χ4n) is 3.67. The number of non-ortho nitro benzene ring substituents is 1. The molecule has 1 aromatic rings. The van der Waals surface area contributed by atoms with Gasteiger partial charge in [-0.25, -0.2) is 0 Å². The second kappa shape index (κ2) is 9.12. The lowest BCUT2D eigenvalue weighted by Crippen LogP contribution is -2.43. The lowest BCUT2D eigenvalue weighted by Gasteiger charge is -2.20. The van der Waals surface area contributed by atoms with E-state index in [0.29, 0.717) is 11.4 Å². The van der Waals surface area contributed by atoms with Gasteiger partial charge in [-0.3, -0.25) is 39.0 Å². The molecule has 5 amide bonds. The normalized spacial score (nSPS) is 17.7. The Bertz CT molecular complexity index is 1010. The predicted octanol–water partition coefficient (Wildman–Crippen LogP) is -0.320. The highest BCUT2D eigenvalue weighted by Crippen LogP contribution is 2.26. The Balaban J connectivity index is 1.45. The molecule has 12 heteroatoms. The van der Waals surface area contributed by atoms with Crippen LogP contribution in [0.3, 0.4) is 0 Å². The summed E-state index contributed by atoms with van der Waals surface area (Å²) in [5.41, 5.74) is -0.444. The van der Waals surface area contributed by atoms with Crippen molar-refractivity contribution < 1.29 is 28.9 Å². The number of nitro benzene ring substituents is 1. The fraction of sp³-hybridized carbons (Fsp3) is 0.450. The van der Waals surface area contributed by atoms with Gasteiger partial charge in [-0.1, -0.05) is 0 Å². The first-order valence-corrected chi connectivity index (χ1v) is 10.1. The molecule has 0 spiro atoms. The molecule has 1 fully saturated rings. The van der Waals surface area contributed by atoms with Crippen molar-refractivity contribution in [3.63, 3.8) is 0 Å². The van der Waals surface area contributed by atoms with Crippen molar-refractivity contribution in [3.05, 3.63) is 39.4 Å². The number of amides is 5. The summed E-state index contributed by atoms with van der Waals surface area (Å²) in [4.78, 5) is 73.6. The van der Waals surface area contributed by atoms with Crippen LogP contribution in [0.1, 0.15) is 41.0 Å². The lowest BCUT2D eigenvalue weighted by atomic mass is 10.1. The van der Waals surface area contributed by atoms with Crippen molar-refractivity contribution in [1.82, 2.24) is 20.4 Å². The molecule has 32 heavy (non-hydrogen) atoms. The molecule has 1 saturated heterocycles. The monoisotopic (exact) mass is 445 g/mol. The molecule has 0 bridgehead atoms. The zero-order valence-electron chi connectivity index (χ0n) is 17.6. The van der Waals surface area contributed by atoms with Crippen LogP contribution >= 0.6 is 0 Å². The largest absolute Gasteiger partial charge is 0.354 e. The number of carbonyl (C=O) groups excluding carboxylic acids is 5. The Morgan fingerprint density at radius 1 is 1.12 bits per heavy atom. The smallest absolute Gasteiger partial charge is 0.270 e. The Hall–Kier alpha value is -3.83. The number of carbonyl (C=O) groups is 5.